The van der Waals surface area contributed by atoms with Crippen LogP contribution in [-0.4, -0.2) is 25.7 Å². The predicted octanol–water partition coefficient (Wildman–Crippen LogP) is 4.48. The lowest BCUT2D eigenvalue weighted by Crippen LogP contribution is -2.38. The second-order valence-corrected chi connectivity index (χ2v) is 6.28. The number of carbonyl (C=O) groups excluding carboxylic acids is 1. The van der Waals surface area contributed by atoms with Crippen LogP contribution in [0.3, 0.4) is 0 Å². The molecule has 2 rings (SSSR count). The van der Waals surface area contributed by atoms with E-state index in [0.29, 0.717) is 6.61 Å². The molecule has 0 heterocycles. The summed E-state index contributed by atoms with van der Waals surface area (Å²) in [6.45, 7) is 6.42. The standard InChI is InChI=1S/C21H27NO3/c1-5-25-21(23)19(16-9-7-6-8-10-16)20(15(2)3)22-17-11-13-18(24-4)14-12-17/h6-15,19-20,22H,5H2,1-4H3/t19-,20+/m1/s1. The third kappa shape index (κ3) is 4.99. The first-order valence-corrected chi connectivity index (χ1v) is 8.69. The number of nitrogens with one attached hydrogen (secondary N) is 1. The second kappa shape index (κ2) is 9.11. The number of methoxy groups -OCH3 is 1. The van der Waals surface area contributed by atoms with Crippen LogP contribution in [0, 0.1) is 5.92 Å². The monoisotopic (exact) mass is 341 g/mol. The Morgan fingerprint density at radius 3 is 2.20 bits per heavy atom. The molecule has 0 aliphatic heterocycles. The van der Waals surface area contributed by atoms with Crippen LogP contribution >= 0.6 is 0 Å². The first-order chi connectivity index (χ1) is 12.1. The van der Waals surface area contributed by atoms with Gasteiger partial charge in [0.25, 0.3) is 0 Å². The normalized spacial score (nSPS) is 13.2. The topological polar surface area (TPSA) is 47.6 Å². The summed E-state index contributed by atoms with van der Waals surface area (Å²) in [5, 5.41) is 3.51. The molecule has 1 N–H and O–H groups in total. The molecule has 0 bridgehead atoms. The van der Waals surface area contributed by atoms with E-state index < -0.39 is 0 Å². The minimum atomic E-state index is -0.372. The number of esters is 1. The van der Waals surface area contributed by atoms with Gasteiger partial charge in [-0.05, 0) is 42.7 Å². The molecular formula is C21H27NO3. The van der Waals surface area contributed by atoms with Gasteiger partial charge >= 0.3 is 5.97 Å². The molecule has 4 nitrogen and oxygen atoms in total. The lowest BCUT2D eigenvalue weighted by atomic mass is 9.84. The Morgan fingerprint density at radius 2 is 1.68 bits per heavy atom. The van der Waals surface area contributed by atoms with E-state index in [0.717, 1.165) is 17.0 Å². The van der Waals surface area contributed by atoms with Crippen molar-refractivity contribution in [3.63, 3.8) is 0 Å². The Hall–Kier alpha value is -2.49. The van der Waals surface area contributed by atoms with Gasteiger partial charge in [-0.15, -0.1) is 0 Å². The van der Waals surface area contributed by atoms with Gasteiger partial charge in [-0.1, -0.05) is 44.2 Å². The molecule has 0 radical (unpaired) electrons. The Kier molecular flexibility index (Phi) is 6.87. The van der Waals surface area contributed by atoms with Gasteiger partial charge in [0.15, 0.2) is 0 Å². The molecular weight excluding hydrogens is 314 g/mol. The third-order valence-electron chi connectivity index (χ3n) is 4.20. The molecule has 0 aliphatic carbocycles. The van der Waals surface area contributed by atoms with Crippen molar-refractivity contribution in [2.75, 3.05) is 19.0 Å². The van der Waals surface area contributed by atoms with Crippen molar-refractivity contribution in [2.45, 2.75) is 32.7 Å². The number of hydrogen-bond acceptors (Lipinski definition) is 4. The largest absolute Gasteiger partial charge is 0.497 e. The molecule has 2 atom stereocenters. The highest BCUT2D eigenvalue weighted by molar-refractivity contribution is 5.80. The fraction of sp³-hybridized carbons (Fsp3) is 0.381. The van der Waals surface area contributed by atoms with E-state index >= 15 is 0 Å². The highest BCUT2D eigenvalue weighted by Gasteiger charge is 2.33. The average molecular weight is 341 g/mol. The van der Waals surface area contributed by atoms with Crippen molar-refractivity contribution in [1.82, 2.24) is 0 Å². The second-order valence-electron chi connectivity index (χ2n) is 6.28. The summed E-state index contributed by atoms with van der Waals surface area (Å²) >= 11 is 0. The summed E-state index contributed by atoms with van der Waals surface area (Å²) < 4.78 is 10.6. The van der Waals surface area contributed by atoms with Crippen LogP contribution < -0.4 is 10.1 Å². The SMILES string of the molecule is CCOC(=O)[C@H](c1ccccc1)[C@@H](Nc1ccc(OC)cc1)C(C)C. The van der Waals surface area contributed by atoms with Crippen molar-refractivity contribution >= 4 is 11.7 Å². The van der Waals surface area contributed by atoms with Crippen molar-refractivity contribution in [1.29, 1.82) is 0 Å². The van der Waals surface area contributed by atoms with Gasteiger partial charge in [-0.25, -0.2) is 0 Å². The zero-order valence-corrected chi connectivity index (χ0v) is 15.4. The minimum absolute atomic E-state index is 0.0881. The number of rotatable bonds is 8. The molecule has 0 aromatic heterocycles. The molecule has 0 spiro atoms. The molecule has 2 aromatic carbocycles. The average Bonchev–Trinajstić information content (AvgIpc) is 2.63. The summed E-state index contributed by atoms with van der Waals surface area (Å²) in [5.74, 6) is 0.463. The van der Waals surface area contributed by atoms with E-state index in [9.17, 15) is 4.79 Å². The summed E-state index contributed by atoms with van der Waals surface area (Å²) in [6.07, 6.45) is 0. The molecule has 0 unspecified atom stereocenters. The lowest BCUT2D eigenvalue weighted by Gasteiger charge is -2.31. The third-order valence-corrected chi connectivity index (χ3v) is 4.20. The molecule has 0 saturated carbocycles. The van der Waals surface area contributed by atoms with Crippen LogP contribution in [0.2, 0.25) is 0 Å². The maximum Gasteiger partial charge on any atom is 0.315 e. The van der Waals surface area contributed by atoms with Crippen LogP contribution in [0.25, 0.3) is 0 Å². The Labute approximate surface area is 150 Å². The minimum Gasteiger partial charge on any atom is -0.497 e. The summed E-state index contributed by atoms with van der Waals surface area (Å²) in [4.78, 5) is 12.7. The Bertz CT molecular complexity index is 653. The number of benzene rings is 2. The van der Waals surface area contributed by atoms with Gasteiger partial charge in [0.1, 0.15) is 11.7 Å². The lowest BCUT2D eigenvalue weighted by molar-refractivity contribution is -0.145. The fourth-order valence-corrected chi connectivity index (χ4v) is 2.90. The van der Waals surface area contributed by atoms with Gasteiger partial charge in [-0.2, -0.15) is 0 Å². The van der Waals surface area contributed by atoms with E-state index in [4.69, 9.17) is 9.47 Å². The zero-order valence-electron chi connectivity index (χ0n) is 15.4. The van der Waals surface area contributed by atoms with Gasteiger partial charge in [0.2, 0.25) is 0 Å². The molecule has 0 amide bonds. The Balaban J connectivity index is 2.32. The highest BCUT2D eigenvalue weighted by atomic mass is 16.5. The van der Waals surface area contributed by atoms with Gasteiger partial charge in [0.05, 0.1) is 13.7 Å². The first-order valence-electron chi connectivity index (χ1n) is 8.69. The molecule has 25 heavy (non-hydrogen) atoms. The molecule has 134 valence electrons. The summed E-state index contributed by atoms with van der Waals surface area (Å²) in [5.41, 5.74) is 1.91. The molecule has 4 heteroatoms. The smallest absolute Gasteiger partial charge is 0.315 e. The van der Waals surface area contributed by atoms with Crippen LogP contribution in [-0.2, 0) is 9.53 Å². The molecule has 0 aliphatic rings. The molecule has 2 aromatic rings. The first kappa shape index (κ1) is 18.8. The maximum absolute atomic E-state index is 12.7. The number of ether oxygens (including phenoxy) is 2. The van der Waals surface area contributed by atoms with Crippen LogP contribution in [0.4, 0.5) is 5.69 Å². The number of anilines is 1. The van der Waals surface area contributed by atoms with Crippen molar-refractivity contribution in [3.8, 4) is 5.75 Å². The number of hydrogen-bond donors (Lipinski definition) is 1. The quantitative estimate of drug-likeness (QED) is 0.719. The van der Waals surface area contributed by atoms with Crippen molar-refractivity contribution in [2.24, 2.45) is 5.92 Å². The maximum atomic E-state index is 12.7. The van der Waals surface area contributed by atoms with Crippen LogP contribution in [0.1, 0.15) is 32.3 Å². The summed E-state index contributed by atoms with van der Waals surface area (Å²) in [6, 6.07) is 17.5. The highest BCUT2D eigenvalue weighted by Crippen LogP contribution is 2.29. The van der Waals surface area contributed by atoms with Crippen LogP contribution in [0.15, 0.2) is 54.6 Å². The van der Waals surface area contributed by atoms with E-state index in [2.05, 4.69) is 19.2 Å². The zero-order chi connectivity index (χ0) is 18.2. The van der Waals surface area contributed by atoms with Crippen molar-refractivity contribution < 1.29 is 14.3 Å². The predicted molar refractivity (Wildman–Crippen MR) is 101 cm³/mol. The molecule has 0 fully saturated rings. The van der Waals surface area contributed by atoms with E-state index in [1.165, 1.54) is 0 Å². The van der Waals surface area contributed by atoms with E-state index in [-0.39, 0.29) is 23.8 Å². The molecule has 0 saturated heterocycles. The summed E-state index contributed by atoms with van der Waals surface area (Å²) in [7, 11) is 1.64. The van der Waals surface area contributed by atoms with Gasteiger partial charge in [-0.3, -0.25) is 4.79 Å². The van der Waals surface area contributed by atoms with E-state index in [1.54, 1.807) is 7.11 Å². The fourth-order valence-electron chi connectivity index (χ4n) is 2.90. The number of carbonyl (C=O) groups is 1. The van der Waals surface area contributed by atoms with Gasteiger partial charge < -0.3 is 14.8 Å². The van der Waals surface area contributed by atoms with Gasteiger partial charge in [0, 0.05) is 11.7 Å². The Morgan fingerprint density at radius 1 is 1.04 bits per heavy atom. The van der Waals surface area contributed by atoms with Crippen LogP contribution in [0.5, 0.6) is 5.75 Å². The van der Waals surface area contributed by atoms with E-state index in [1.807, 2.05) is 61.5 Å². The van der Waals surface area contributed by atoms with Crippen molar-refractivity contribution in [3.05, 3.63) is 60.2 Å².